The van der Waals surface area contributed by atoms with E-state index in [2.05, 4.69) is 10.6 Å². The summed E-state index contributed by atoms with van der Waals surface area (Å²) in [5.74, 6) is -0.787. The Morgan fingerprint density at radius 2 is 2.11 bits per heavy atom. The number of nitro groups is 1. The summed E-state index contributed by atoms with van der Waals surface area (Å²) in [7, 11) is 1.51. The lowest BCUT2D eigenvalue weighted by molar-refractivity contribution is -0.384. The Bertz CT molecular complexity index is 503. The van der Waals surface area contributed by atoms with E-state index in [1.807, 2.05) is 0 Å². The summed E-state index contributed by atoms with van der Waals surface area (Å²) in [6.45, 7) is 3.52. The minimum absolute atomic E-state index is 0.0574. The molecule has 19 heavy (non-hydrogen) atoms. The van der Waals surface area contributed by atoms with Gasteiger partial charge in [-0.1, -0.05) is 0 Å². The van der Waals surface area contributed by atoms with Gasteiger partial charge in [-0.25, -0.2) is 4.39 Å². The molecule has 0 bridgehead atoms. The number of hydrogen-bond acceptors (Lipinski definition) is 4. The second kappa shape index (κ2) is 5.64. The van der Waals surface area contributed by atoms with Crippen molar-refractivity contribution in [3.63, 3.8) is 0 Å². The van der Waals surface area contributed by atoms with E-state index in [4.69, 9.17) is 0 Å². The van der Waals surface area contributed by atoms with Crippen LogP contribution in [0.25, 0.3) is 0 Å². The molecule has 0 saturated carbocycles. The van der Waals surface area contributed by atoms with Crippen molar-refractivity contribution in [1.29, 1.82) is 0 Å². The van der Waals surface area contributed by atoms with Gasteiger partial charge in [0.25, 0.3) is 5.69 Å². The van der Waals surface area contributed by atoms with E-state index in [1.165, 1.54) is 7.05 Å². The van der Waals surface area contributed by atoms with Crippen LogP contribution in [0, 0.1) is 21.3 Å². The highest BCUT2D eigenvalue weighted by Gasteiger charge is 2.27. The molecule has 1 aromatic rings. The van der Waals surface area contributed by atoms with Crippen LogP contribution in [0.1, 0.15) is 13.8 Å². The largest absolute Gasteiger partial charge is 0.378 e. The molecule has 0 aromatic heterocycles. The lowest BCUT2D eigenvalue weighted by Crippen LogP contribution is -2.39. The first kappa shape index (κ1) is 14.9. The summed E-state index contributed by atoms with van der Waals surface area (Å²) in [6, 6.07) is 3.15. The van der Waals surface area contributed by atoms with Crippen molar-refractivity contribution in [2.24, 2.45) is 5.41 Å². The van der Waals surface area contributed by atoms with Gasteiger partial charge in [0.15, 0.2) is 0 Å². The highest BCUT2D eigenvalue weighted by molar-refractivity contribution is 5.82. The van der Waals surface area contributed by atoms with Crippen LogP contribution in [0.5, 0.6) is 0 Å². The van der Waals surface area contributed by atoms with Crippen LogP contribution < -0.4 is 10.6 Å². The predicted octanol–water partition coefficient (Wildman–Crippen LogP) is 1.92. The third-order valence-electron chi connectivity index (χ3n) is 2.72. The molecule has 0 saturated heterocycles. The number of amides is 1. The van der Waals surface area contributed by atoms with E-state index in [0.29, 0.717) is 0 Å². The van der Waals surface area contributed by atoms with Crippen molar-refractivity contribution in [1.82, 2.24) is 5.32 Å². The van der Waals surface area contributed by atoms with Gasteiger partial charge in [-0.2, -0.15) is 0 Å². The summed E-state index contributed by atoms with van der Waals surface area (Å²) < 4.78 is 13.1. The Morgan fingerprint density at radius 1 is 1.47 bits per heavy atom. The Balaban J connectivity index is 2.91. The van der Waals surface area contributed by atoms with Crippen LogP contribution >= 0.6 is 0 Å². The minimum Gasteiger partial charge on any atom is -0.378 e. The van der Waals surface area contributed by atoms with Gasteiger partial charge < -0.3 is 10.6 Å². The van der Waals surface area contributed by atoms with Crippen molar-refractivity contribution in [2.45, 2.75) is 13.8 Å². The van der Waals surface area contributed by atoms with Gasteiger partial charge in [0.2, 0.25) is 5.91 Å². The molecule has 0 atom stereocenters. The van der Waals surface area contributed by atoms with Gasteiger partial charge in [0.1, 0.15) is 11.5 Å². The molecular formula is C12H16FN3O3. The molecule has 1 rings (SSSR count). The smallest absolute Gasteiger partial charge is 0.292 e. The van der Waals surface area contributed by atoms with Crippen LogP contribution in [-0.2, 0) is 4.79 Å². The second-order valence-corrected chi connectivity index (χ2v) is 4.74. The maximum Gasteiger partial charge on any atom is 0.292 e. The Labute approximate surface area is 110 Å². The van der Waals surface area contributed by atoms with E-state index in [1.54, 1.807) is 13.8 Å². The van der Waals surface area contributed by atoms with Gasteiger partial charge in [-0.3, -0.25) is 14.9 Å². The van der Waals surface area contributed by atoms with Crippen molar-refractivity contribution >= 4 is 17.3 Å². The zero-order valence-electron chi connectivity index (χ0n) is 11.0. The Morgan fingerprint density at radius 3 is 2.63 bits per heavy atom. The van der Waals surface area contributed by atoms with Crippen LogP contribution in [0.2, 0.25) is 0 Å². The normalized spacial score (nSPS) is 10.9. The van der Waals surface area contributed by atoms with E-state index in [0.717, 1.165) is 18.2 Å². The van der Waals surface area contributed by atoms with E-state index in [-0.39, 0.29) is 23.8 Å². The summed E-state index contributed by atoms with van der Waals surface area (Å²) >= 11 is 0. The number of nitrogens with zero attached hydrogens (tertiary/aromatic N) is 1. The molecule has 1 aromatic carbocycles. The summed E-state index contributed by atoms with van der Waals surface area (Å²) in [5, 5.41) is 16.1. The monoisotopic (exact) mass is 269 g/mol. The average molecular weight is 269 g/mol. The number of nitrogens with one attached hydrogen (secondary N) is 2. The first-order chi connectivity index (χ1) is 8.77. The third-order valence-corrected chi connectivity index (χ3v) is 2.72. The van der Waals surface area contributed by atoms with Gasteiger partial charge in [-0.15, -0.1) is 0 Å². The lowest BCUT2D eigenvalue weighted by Gasteiger charge is -2.23. The molecule has 6 nitrogen and oxygen atoms in total. The fourth-order valence-electron chi connectivity index (χ4n) is 1.54. The van der Waals surface area contributed by atoms with Gasteiger partial charge in [0.05, 0.1) is 10.3 Å². The van der Waals surface area contributed by atoms with Crippen molar-refractivity contribution in [2.75, 3.05) is 18.9 Å². The molecule has 0 fully saturated rings. The number of rotatable bonds is 5. The van der Waals surface area contributed by atoms with Gasteiger partial charge in [-0.05, 0) is 19.9 Å². The van der Waals surface area contributed by atoms with Crippen molar-refractivity contribution in [3.05, 3.63) is 34.1 Å². The number of hydrogen-bond donors (Lipinski definition) is 2. The predicted molar refractivity (Wildman–Crippen MR) is 69.4 cm³/mol. The standard InChI is InChI=1S/C12H16FN3O3/c1-12(2,11(17)14-3)7-15-9-6-8(13)4-5-10(9)16(18)19/h4-6,15H,7H2,1-3H3,(H,14,17). The molecule has 0 radical (unpaired) electrons. The molecule has 0 aliphatic carbocycles. The second-order valence-electron chi connectivity index (χ2n) is 4.74. The van der Waals surface area contributed by atoms with Crippen LogP contribution in [-0.4, -0.2) is 24.4 Å². The fourth-order valence-corrected chi connectivity index (χ4v) is 1.54. The molecule has 0 aliphatic rings. The third kappa shape index (κ3) is 3.64. The Hall–Kier alpha value is -2.18. The van der Waals surface area contributed by atoms with E-state index >= 15 is 0 Å². The molecule has 0 heterocycles. The number of nitro benzene ring substituents is 1. The quantitative estimate of drug-likeness (QED) is 0.631. The minimum atomic E-state index is -0.769. The molecule has 0 spiro atoms. The zero-order valence-corrected chi connectivity index (χ0v) is 11.0. The van der Waals surface area contributed by atoms with E-state index < -0.39 is 16.2 Å². The number of anilines is 1. The summed E-state index contributed by atoms with van der Waals surface area (Å²) in [5.41, 5.74) is -0.939. The number of benzene rings is 1. The molecule has 2 N–H and O–H groups in total. The first-order valence-electron chi connectivity index (χ1n) is 5.68. The van der Waals surface area contributed by atoms with Crippen molar-refractivity contribution < 1.29 is 14.1 Å². The number of carbonyl (C=O) groups is 1. The van der Waals surface area contributed by atoms with Gasteiger partial charge >= 0.3 is 0 Å². The number of halogens is 1. The average Bonchev–Trinajstić information content (AvgIpc) is 2.35. The Kier molecular flexibility index (Phi) is 4.42. The molecule has 1 amide bonds. The maximum atomic E-state index is 13.1. The molecule has 104 valence electrons. The molecule has 0 aliphatic heterocycles. The SMILES string of the molecule is CNC(=O)C(C)(C)CNc1cc(F)ccc1[N+](=O)[O-]. The van der Waals surface area contributed by atoms with Crippen molar-refractivity contribution in [3.8, 4) is 0 Å². The molecule has 7 heteroatoms. The van der Waals surface area contributed by atoms with Crippen LogP contribution in [0.3, 0.4) is 0 Å². The highest BCUT2D eigenvalue weighted by Crippen LogP contribution is 2.26. The number of carbonyl (C=O) groups excluding carboxylic acids is 1. The topological polar surface area (TPSA) is 84.3 Å². The summed E-state index contributed by atoms with van der Waals surface area (Å²) in [4.78, 5) is 21.8. The van der Waals surface area contributed by atoms with E-state index in [9.17, 15) is 19.3 Å². The lowest BCUT2D eigenvalue weighted by atomic mass is 9.92. The maximum absolute atomic E-state index is 13.1. The first-order valence-corrected chi connectivity index (χ1v) is 5.68. The zero-order chi connectivity index (χ0) is 14.6. The highest BCUT2D eigenvalue weighted by atomic mass is 19.1. The fraction of sp³-hybridized carbons (Fsp3) is 0.417. The molecular weight excluding hydrogens is 253 g/mol. The van der Waals surface area contributed by atoms with Gasteiger partial charge in [0, 0.05) is 25.7 Å². The van der Waals surface area contributed by atoms with Crippen LogP contribution in [0.4, 0.5) is 15.8 Å². The molecule has 0 unspecified atom stereocenters. The van der Waals surface area contributed by atoms with Crippen LogP contribution in [0.15, 0.2) is 18.2 Å². The summed E-state index contributed by atoms with van der Waals surface area (Å²) in [6.07, 6.45) is 0.